The van der Waals surface area contributed by atoms with Gasteiger partial charge in [0.2, 0.25) is 5.91 Å². The Hall–Kier alpha value is -0.790. The van der Waals surface area contributed by atoms with Crippen LogP contribution in [0.1, 0.15) is 52.9 Å². The van der Waals surface area contributed by atoms with E-state index in [4.69, 9.17) is 0 Å². The molecule has 1 N–H and O–H groups in total. The Balaban J connectivity index is 3.38. The van der Waals surface area contributed by atoms with Gasteiger partial charge in [0.15, 0.2) is 0 Å². The first-order valence-electron chi connectivity index (χ1n) is 6.11. The lowest BCUT2D eigenvalue weighted by molar-refractivity contribution is -0.116. The van der Waals surface area contributed by atoms with Crippen molar-refractivity contribution in [3.05, 3.63) is 12.2 Å². The number of amides is 1. The highest BCUT2D eigenvalue weighted by molar-refractivity contribution is 5.87. The van der Waals surface area contributed by atoms with Gasteiger partial charge in [-0.25, -0.2) is 0 Å². The Morgan fingerprint density at radius 2 is 2.00 bits per heavy atom. The summed E-state index contributed by atoms with van der Waals surface area (Å²) in [5.74, 6) is 0.561. The third-order valence-electron chi connectivity index (χ3n) is 2.18. The zero-order valence-electron chi connectivity index (χ0n) is 10.4. The quantitative estimate of drug-likeness (QED) is 0.484. The molecule has 88 valence electrons. The molecule has 0 saturated heterocycles. The lowest BCUT2D eigenvalue weighted by Crippen LogP contribution is -2.25. The van der Waals surface area contributed by atoms with Gasteiger partial charge in [-0.2, -0.15) is 0 Å². The van der Waals surface area contributed by atoms with E-state index in [1.807, 2.05) is 6.08 Å². The highest BCUT2D eigenvalue weighted by Gasteiger charge is 1.96. The lowest BCUT2D eigenvalue weighted by Gasteiger charge is -2.04. The first-order valence-corrected chi connectivity index (χ1v) is 6.11. The predicted octanol–water partition coefficient (Wildman–Crippen LogP) is 3.29. The van der Waals surface area contributed by atoms with Crippen LogP contribution in [-0.4, -0.2) is 12.5 Å². The van der Waals surface area contributed by atoms with Crippen LogP contribution in [0.5, 0.6) is 0 Å². The second kappa shape index (κ2) is 9.75. The van der Waals surface area contributed by atoms with Crippen LogP contribution in [0.15, 0.2) is 12.2 Å². The molecule has 15 heavy (non-hydrogen) atoms. The topological polar surface area (TPSA) is 29.1 Å². The van der Waals surface area contributed by atoms with Crippen molar-refractivity contribution in [3.8, 4) is 0 Å². The average molecular weight is 211 g/mol. The molecule has 1 amide bonds. The minimum atomic E-state index is 0.0409. The molecule has 0 rings (SSSR count). The van der Waals surface area contributed by atoms with Crippen molar-refractivity contribution >= 4 is 5.91 Å². The number of unbranched alkanes of at least 4 members (excludes halogenated alkanes) is 4. The van der Waals surface area contributed by atoms with Crippen LogP contribution in [0.4, 0.5) is 0 Å². The fourth-order valence-electron chi connectivity index (χ4n) is 1.24. The summed E-state index contributed by atoms with van der Waals surface area (Å²) in [4.78, 5) is 11.2. The van der Waals surface area contributed by atoms with Crippen molar-refractivity contribution in [1.82, 2.24) is 5.32 Å². The fraction of sp³-hybridized carbons (Fsp3) is 0.769. The number of hydrogen-bond acceptors (Lipinski definition) is 1. The molecule has 2 nitrogen and oxygen atoms in total. The second-order valence-corrected chi connectivity index (χ2v) is 4.39. The number of hydrogen-bond donors (Lipinski definition) is 1. The highest BCUT2D eigenvalue weighted by Crippen LogP contribution is 2.02. The summed E-state index contributed by atoms with van der Waals surface area (Å²) in [5.41, 5.74) is 0. The van der Waals surface area contributed by atoms with E-state index < -0.39 is 0 Å². The molecule has 0 atom stereocenters. The monoisotopic (exact) mass is 211 g/mol. The summed E-state index contributed by atoms with van der Waals surface area (Å²) in [6.45, 7) is 7.15. The molecule has 0 aliphatic heterocycles. The lowest BCUT2D eigenvalue weighted by atomic mass is 10.1. The van der Waals surface area contributed by atoms with Gasteiger partial charge >= 0.3 is 0 Å². The van der Waals surface area contributed by atoms with Crippen LogP contribution >= 0.6 is 0 Å². The Kier molecular flexibility index (Phi) is 9.24. The van der Waals surface area contributed by atoms with E-state index in [0.29, 0.717) is 5.92 Å². The predicted molar refractivity (Wildman–Crippen MR) is 65.7 cm³/mol. The summed E-state index contributed by atoms with van der Waals surface area (Å²) in [6.07, 6.45) is 9.69. The molecular weight excluding hydrogens is 186 g/mol. The number of nitrogens with one attached hydrogen (secondary N) is 1. The van der Waals surface area contributed by atoms with Gasteiger partial charge in [0.1, 0.15) is 0 Å². The molecule has 0 spiro atoms. The third kappa shape index (κ3) is 11.1. The van der Waals surface area contributed by atoms with Gasteiger partial charge in [-0.3, -0.25) is 4.79 Å². The molecule has 0 bridgehead atoms. The van der Waals surface area contributed by atoms with E-state index >= 15 is 0 Å². The first kappa shape index (κ1) is 14.2. The van der Waals surface area contributed by atoms with Gasteiger partial charge in [0.25, 0.3) is 0 Å². The molecule has 0 aromatic heterocycles. The smallest absolute Gasteiger partial charge is 0.243 e. The molecule has 0 radical (unpaired) electrons. The molecule has 0 unspecified atom stereocenters. The Morgan fingerprint density at radius 1 is 1.27 bits per heavy atom. The van der Waals surface area contributed by atoms with Gasteiger partial charge in [0.05, 0.1) is 0 Å². The zero-order chi connectivity index (χ0) is 11.5. The Morgan fingerprint density at radius 3 is 2.60 bits per heavy atom. The number of rotatable bonds is 8. The van der Waals surface area contributed by atoms with Crippen molar-refractivity contribution in [2.75, 3.05) is 6.54 Å². The first-order chi connectivity index (χ1) is 7.16. The van der Waals surface area contributed by atoms with Crippen molar-refractivity contribution in [1.29, 1.82) is 0 Å². The molecule has 0 aromatic carbocycles. The summed E-state index contributed by atoms with van der Waals surface area (Å²) in [7, 11) is 0. The molecule has 2 heteroatoms. The van der Waals surface area contributed by atoms with Gasteiger partial charge in [-0.15, -0.1) is 0 Å². The van der Waals surface area contributed by atoms with Gasteiger partial charge < -0.3 is 5.32 Å². The Bertz CT molecular complexity index is 185. The third-order valence-corrected chi connectivity index (χ3v) is 2.18. The number of allylic oxidation sites excluding steroid dienone is 1. The van der Waals surface area contributed by atoms with Crippen LogP contribution in [0.3, 0.4) is 0 Å². The SMILES string of the molecule is CCCCCC/C=C/C(=O)NCC(C)C. The minimum Gasteiger partial charge on any atom is -0.352 e. The van der Waals surface area contributed by atoms with Gasteiger partial charge in [-0.05, 0) is 24.8 Å². The maximum absolute atomic E-state index is 11.2. The van der Waals surface area contributed by atoms with E-state index in [9.17, 15) is 4.79 Å². The molecule has 0 aliphatic carbocycles. The zero-order valence-corrected chi connectivity index (χ0v) is 10.4. The summed E-state index contributed by atoms with van der Waals surface area (Å²) in [6, 6.07) is 0. The van der Waals surface area contributed by atoms with Crippen LogP contribution in [0.25, 0.3) is 0 Å². The largest absolute Gasteiger partial charge is 0.352 e. The van der Waals surface area contributed by atoms with Crippen LogP contribution < -0.4 is 5.32 Å². The van der Waals surface area contributed by atoms with E-state index in [2.05, 4.69) is 26.1 Å². The van der Waals surface area contributed by atoms with Crippen LogP contribution in [0.2, 0.25) is 0 Å². The van der Waals surface area contributed by atoms with Gasteiger partial charge in [-0.1, -0.05) is 46.1 Å². The molecule has 0 aliphatic rings. The van der Waals surface area contributed by atoms with E-state index in [0.717, 1.165) is 13.0 Å². The molecule has 0 heterocycles. The Labute approximate surface area is 94.1 Å². The van der Waals surface area contributed by atoms with Crippen molar-refractivity contribution in [3.63, 3.8) is 0 Å². The summed E-state index contributed by atoms with van der Waals surface area (Å²) >= 11 is 0. The average Bonchev–Trinajstić information content (AvgIpc) is 2.20. The standard InChI is InChI=1S/C13H25NO/c1-4-5-6-7-8-9-10-13(15)14-11-12(2)3/h9-10,12H,4-8,11H2,1-3H3,(H,14,15)/b10-9+. The van der Waals surface area contributed by atoms with Crippen molar-refractivity contribution in [2.24, 2.45) is 5.92 Å². The maximum Gasteiger partial charge on any atom is 0.243 e. The van der Waals surface area contributed by atoms with Crippen molar-refractivity contribution < 1.29 is 4.79 Å². The highest BCUT2D eigenvalue weighted by atomic mass is 16.1. The fourth-order valence-corrected chi connectivity index (χ4v) is 1.24. The maximum atomic E-state index is 11.2. The molecule has 0 saturated carbocycles. The number of carbonyl (C=O) groups is 1. The summed E-state index contributed by atoms with van der Waals surface area (Å²) in [5, 5.41) is 2.86. The second-order valence-electron chi connectivity index (χ2n) is 4.39. The summed E-state index contributed by atoms with van der Waals surface area (Å²) < 4.78 is 0. The molecule has 0 aromatic rings. The van der Waals surface area contributed by atoms with Crippen molar-refractivity contribution in [2.45, 2.75) is 52.9 Å². The van der Waals surface area contributed by atoms with Crippen LogP contribution in [-0.2, 0) is 4.79 Å². The minimum absolute atomic E-state index is 0.0409. The van der Waals surface area contributed by atoms with Crippen LogP contribution in [0, 0.1) is 5.92 Å². The van der Waals surface area contributed by atoms with E-state index in [1.165, 1.54) is 25.7 Å². The van der Waals surface area contributed by atoms with E-state index in [-0.39, 0.29) is 5.91 Å². The molecular formula is C13H25NO. The normalized spacial score (nSPS) is 11.2. The van der Waals surface area contributed by atoms with Gasteiger partial charge in [0, 0.05) is 6.54 Å². The van der Waals surface area contributed by atoms with E-state index in [1.54, 1.807) is 6.08 Å². The molecule has 0 fully saturated rings. The number of carbonyl (C=O) groups excluding carboxylic acids is 1.